The van der Waals surface area contributed by atoms with E-state index in [4.69, 9.17) is 17.0 Å². The molecule has 0 aromatic carbocycles. The number of hydrogen-bond acceptors (Lipinski definition) is 5. The SMILES string of the molecule is CC(Nc1n[nH]c(=S)s1)C1CCOCC1. The first-order valence-corrected chi connectivity index (χ1v) is 6.38. The number of nitrogens with zero attached hydrogens (tertiary/aromatic N) is 1. The molecule has 1 aromatic rings. The Bertz CT molecular complexity index is 356. The first kappa shape index (κ1) is 11.0. The van der Waals surface area contributed by atoms with Crippen LogP contribution in [0.5, 0.6) is 0 Å². The molecule has 1 atom stereocenters. The van der Waals surface area contributed by atoms with Crippen molar-refractivity contribution in [1.29, 1.82) is 0 Å². The van der Waals surface area contributed by atoms with Crippen molar-refractivity contribution in [3.63, 3.8) is 0 Å². The molecule has 0 saturated carbocycles. The first-order valence-electron chi connectivity index (χ1n) is 5.15. The maximum absolute atomic E-state index is 5.34. The molecule has 4 nitrogen and oxygen atoms in total. The number of ether oxygens (including phenoxy) is 1. The monoisotopic (exact) mass is 245 g/mol. The van der Waals surface area contributed by atoms with Crippen LogP contribution in [-0.4, -0.2) is 29.5 Å². The Kier molecular flexibility index (Phi) is 3.71. The lowest BCUT2D eigenvalue weighted by Crippen LogP contribution is -2.30. The summed E-state index contributed by atoms with van der Waals surface area (Å²) in [6.07, 6.45) is 2.26. The van der Waals surface area contributed by atoms with Gasteiger partial charge in [0.25, 0.3) is 0 Å². The van der Waals surface area contributed by atoms with E-state index in [1.165, 1.54) is 11.3 Å². The third-order valence-corrected chi connectivity index (χ3v) is 3.78. The fourth-order valence-electron chi connectivity index (χ4n) is 1.82. The van der Waals surface area contributed by atoms with Gasteiger partial charge in [-0.2, -0.15) is 0 Å². The minimum absolute atomic E-state index is 0.433. The summed E-state index contributed by atoms with van der Waals surface area (Å²) in [7, 11) is 0. The van der Waals surface area contributed by atoms with Crippen LogP contribution in [0.3, 0.4) is 0 Å². The molecule has 2 N–H and O–H groups in total. The Hall–Kier alpha value is -0.460. The van der Waals surface area contributed by atoms with Crippen LogP contribution in [0.25, 0.3) is 0 Å². The van der Waals surface area contributed by atoms with Gasteiger partial charge in [-0.15, -0.1) is 5.10 Å². The largest absolute Gasteiger partial charge is 0.381 e. The fourth-order valence-corrected chi connectivity index (χ4v) is 2.71. The molecular weight excluding hydrogens is 230 g/mol. The van der Waals surface area contributed by atoms with Crippen LogP contribution in [0.15, 0.2) is 0 Å². The smallest absolute Gasteiger partial charge is 0.204 e. The molecule has 1 aliphatic heterocycles. The van der Waals surface area contributed by atoms with Crippen LogP contribution in [0.4, 0.5) is 5.13 Å². The van der Waals surface area contributed by atoms with E-state index < -0.39 is 0 Å². The predicted octanol–water partition coefficient (Wildman–Crippen LogP) is 2.43. The molecule has 1 saturated heterocycles. The van der Waals surface area contributed by atoms with E-state index >= 15 is 0 Å². The van der Waals surface area contributed by atoms with Crippen molar-refractivity contribution < 1.29 is 4.74 Å². The van der Waals surface area contributed by atoms with E-state index in [0.717, 1.165) is 35.1 Å². The fraction of sp³-hybridized carbons (Fsp3) is 0.778. The van der Waals surface area contributed by atoms with E-state index in [0.29, 0.717) is 12.0 Å². The zero-order valence-corrected chi connectivity index (χ0v) is 10.3. The molecule has 0 radical (unpaired) electrons. The number of hydrogen-bond donors (Lipinski definition) is 2. The standard InChI is InChI=1S/C9H15N3OS2/c1-6(7-2-4-13-5-3-7)10-8-11-12-9(14)15-8/h6-7H,2-5H2,1H3,(H,10,11)(H,12,14). The van der Waals surface area contributed by atoms with Gasteiger partial charge in [-0.25, -0.2) is 0 Å². The van der Waals surface area contributed by atoms with Crippen molar-refractivity contribution >= 4 is 28.7 Å². The molecule has 15 heavy (non-hydrogen) atoms. The maximum atomic E-state index is 5.34. The van der Waals surface area contributed by atoms with Gasteiger partial charge in [0, 0.05) is 19.3 Å². The van der Waals surface area contributed by atoms with Gasteiger partial charge in [0.2, 0.25) is 5.13 Å². The molecule has 2 rings (SSSR count). The Labute approximate surface area is 98.1 Å². The van der Waals surface area contributed by atoms with Crippen molar-refractivity contribution in [3.8, 4) is 0 Å². The zero-order chi connectivity index (χ0) is 10.7. The van der Waals surface area contributed by atoms with Crippen LogP contribution >= 0.6 is 23.6 Å². The topological polar surface area (TPSA) is 49.9 Å². The quantitative estimate of drug-likeness (QED) is 0.803. The minimum Gasteiger partial charge on any atom is -0.381 e. The maximum Gasteiger partial charge on any atom is 0.204 e. The molecule has 2 heterocycles. The molecular formula is C9H15N3OS2. The van der Waals surface area contributed by atoms with Crippen molar-refractivity contribution in [1.82, 2.24) is 10.2 Å². The summed E-state index contributed by atoms with van der Waals surface area (Å²) in [5.41, 5.74) is 0. The van der Waals surface area contributed by atoms with Gasteiger partial charge in [-0.1, -0.05) is 11.3 Å². The van der Waals surface area contributed by atoms with Crippen LogP contribution in [0, 0.1) is 9.87 Å². The highest BCUT2D eigenvalue weighted by atomic mass is 32.1. The van der Waals surface area contributed by atoms with Gasteiger partial charge >= 0.3 is 0 Å². The second kappa shape index (κ2) is 5.05. The predicted molar refractivity (Wildman–Crippen MR) is 63.9 cm³/mol. The molecule has 1 fully saturated rings. The van der Waals surface area contributed by atoms with Gasteiger partial charge in [-0.05, 0) is 37.9 Å². The van der Waals surface area contributed by atoms with Crippen molar-refractivity contribution in [2.75, 3.05) is 18.5 Å². The summed E-state index contributed by atoms with van der Waals surface area (Å²) < 4.78 is 6.06. The number of anilines is 1. The van der Waals surface area contributed by atoms with Crippen LogP contribution in [0.2, 0.25) is 0 Å². The van der Waals surface area contributed by atoms with Crippen LogP contribution < -0.4 is 5.32 Å². The van der Waals surface area contributed by atoms with Crippen molar-refractivity contribution in [3.05, 3.63) is 3.95 Å². The lowest BCUT2D eigenvalue weighted by atomic mass is 9.93. The number of aromatic amines is 1. The highest BCUT2D eigenvalue weighted by molar-refractivity contribution is 7.73. The molecule has 0 bridgehead atoms. The third kappa shape index (κ3) is 2.99. The molecule has 0 aliphatic carbocycles. The second-order valence-electron chi connectivity index (χ2n) is 3.80. The second-order valence-corrected chi connectivity index (χ2v) is 5.47. The van der Waals surface area contributed by atoms with Gasteiger partial charge in [0.1, 0.15) is 0 Å². The van der Waals surface area contributed by atoms with Crippen molar-refractivity contribution in [2.45, 2.75) is 25.8 Å². The van der Waals surface area contributed by atoms with Crippen LogP contribution in [0.1, 0.15) is 19.8 Å². The normalized spacial score (nSPS) is 20.1. The Morgan fingerprint density at radius 2 is 2.33 bits per heavy atom. The van der Waals surface area contributed by atoms with E-state index in [9.17, 15) is 0 Å². The van der Waals surface area contributed by atoms with Gasteiger partial charge in [0.15, 0.2) is 3.95 Å². The summed E-state index contributed by atoms with van der Waals surface area (Å²) in [6, 6.07) is 0.433. The number of rotatable bonds is 3. The van der Waals surface area contributed by atoms with Gasteiger partial charge in [-0.3, -0.25) is 5.10 Å². The number of aromatic nitrogens is 2. The summed E-state index contributed by atoms with van der Waals surface area (Å²) in [6.45, 7) is 3.96. The minimum atomic E-state index is 0.433. The zero-order valence-electron chi connectivity index (χ0n) is 8.66. The summed E-state index contributed by atoms with van der Waals surface area (Å²) in [5.74, 6) is 0.677. The molecule has 0 amide bonds. The van der Waals surface area contributed by atoms with E-state index in [1.54, 1.807) is 0 Å². The summed E-state index contributed by atoms with van der Waals surface area (Å²) in [5, 5.41) is 11.1. The summed E-state index contributed by atoms with van der Waals surface area (Å²) in [4.78, 5) is 0. The molecule has 6 heteroatoms. The molecule has 0 spiro atoms. The third-order valence-electron chi connectivity index (χ3n) is 2.76. The lowest BCUT2D eigenvalue weighted by Gasteiger charge is -2.27. The van der Waals surface area contributed by atoms with Crippen LogP contribution in [-0.2, 0) is 4.74 Å². The average molecular weight is 245 g/mol. The van der Waals surface area contributed by atoms with E-state index in [1.807, 2.05) is 0 Å². The first-order chi connectivity index (χ1) is 7.25. The highest BCUT2D eigenvalue weighted by Crippen LogP contribution is 2.22. The summed E-state index contributed by atoms with van der Waals surface area (Å²) >= 11 is 6.47. The van der Waals surface area contributed by atoms with Gasteiger partial charge in [0.05, 0.1) is 0 Å². The Balaban J connectivity index is 1.90. The molecule has 1 unspecified atom stereocenters. The lowest BCUT2D eigenvalue weighted by molar-refractivity contribution is 0.0622. The Morgan fingerprint density at radius 3 is 2.93 bits per heavy atom. The average Bonchev–Trinajstić information content (AvgIpc) is 2.65. The molecule has 1 aromatic heterocycles. The van der Waals surface area contributed by atoms with E-state index in [2.05, 4.69) is 22.4 Å². The number of nitrogens with one attached hydrogen (secondary N) is 2. The molecule has 1 aliphatic rings. The van der Waals surface area contributed by atoms with E-state index in [-0.39, 0.29) is 0 Å². The van der Waals surface area contributed by atoms with Gasteiger partial charge < -0.3 is 10.1 Å². The molecule has 84 valence electrons. The number of H-pyrrole nitrogens is 1. The highest BCUT2D eigenvalue weighted by Gasteiger charge is 2.20. The van der Waals surface area contributed by atoms with Crippen molar-refractivity contribution in [2.24, 2.45) is 5.92 Å². The Morgan fingerprint density at radius 1 is 1.60 bits per heavy atom.